The number of aromatic nitrogens is 1. The molecule has 0 radical (unpaired) electrons. The number of aromatic amines is 1. The van der Waals surface area contributed by atoms with Crippen LogP contribution in [0.15, 0.2) is 24.3 Å². The summed E-state index contributed by atoms with van der Waals surface area (Å²) < 4.78 is 0. The van der Waals surface area contributed by atoms with Crippen LogP contribution < -0.4 is 5.73 Å². The van der Waals surface area contributed by atoms with Crippen LogP contribution in [0.1, 0.15) is 18.2 Å². The number of hydrogen-bond donors (Lipinski definition) is 2. The zero-order valence-corrected chi connectivity index (χ0v) is 10.7. The molecule has 0 spiro atoms. The minimum atomic E-state index is 0.707. The number of aryl methyl sites for hydroxylation is 1. The second-order valence-electron chi connectivity index (χ2n) is 4.51. The molecule has 2 rings (SSSR count). The van der Waals surface area contributed by atoms with E-state index in [2.05, 4.69) is 48.1 Å². The van der Waals surface area contributed by atoms with Crippen molar-refractivity contribution in [1.82, 2.24) is 9.88 Å². The quantitative estimate of drug-likeness (QED) is 0.828. The van der Waals surface area contributed by atoms with Crippen LogP contribution in [-0.4, -0.2) is 30.0 Å². The van der Waals surface area contributed by atoms with E-state index >= 15 is 0 Å². The Labute approximate surface area is 103 Å². The van der Waals surface area contributed by atoms with E-state index in [1.807, 2.05) is 0 Å². The summed E-state index contributed by atoms with van der Waals surface area (Å²) in [6, 6.07) is 8.51. The van der Waals surface area contributed by atoms with Crippen LogP contribution in [0.2, 0.25) is 0 Å². The number of fused-ring (bicyclic) bond motifs is 1. The molecule has 0 saturated heterocycles. The second kappa shape index (κ2) is 5.34. The van der Waals surface area contributed by atoms with Crippen LogP contribution in [0.4, 0.5) is 0 Å². The summed E-state index contributed by atoms with van der Waals surface area (Å²) in [5.41, 5.74) is 9.57. The molecule has 2 aromatic rings. The molecule has 0 bridgehead atoms. The van der Waals surface area contributed by atoms with Crippen molar-refractivity contribution in [2.75, 3.05) is 20.1 Å². The number of hydrogen-bond acceptors (Lipinski definition) is 2. The van der Waals surface area contributed by atoms with Crippen molar-refractivity contribution < 1.29 is 0 Å². The maximum absolute atomic E-state index is 5.58. The van der Waals surface area contributed by atoms with Gasteiger partial charge in [0.05, 0.1) is 0 Å². The molecule has 1 aromatic carbocycles. The summed E-state index contributed by atoms with van der Waals surface area (Å²) in [4.78, 5) is 5.78. The first-order chi connectivity index (χ1) is 8.26. The van der Waals surface area contributed by atoms with Crippen LogP contribution >= 0.6 is 0 Å². The fourth-order valence-electron chi connectivity index (χ4n) is 2.36. The number of rotatable bonds is 5. The number of likely N-dealkylation sites (N-methyl/N-ethyl adjacent to an activating group) is 1. The van der Waals surface area contributed by atoms with Crippen LogP contribution in [0.5, 0.6) is 0 Å². The minimum Gasteiger partial charge on any atom is -0.357 e. The van der Waals surface area contributed by atoms with Crippen molar-refractivity contribution in [2.24, 2.45) is 5.73 Å². The number of benzene rings is 1. The Morgan fingerprint density at radius 3 is 2.76 bits per heavy atom. The highest BCUT2D eigenvalue weighted by atomic mass is 15.1. The molecule has 0 saturated carbocycles. The maximum atomic E-state index is 5.58. The largest absolute Gasteiger partial charge is 0.357 e. The van der Waals surface area contributed by atoms with Gasteiger partial charge in [0.15, 0.2) is 0 Å². The minimum absolute atomic E-state index is 0.707. The van der Waals surface area contributed by atoms with Crippen LogP contribution in [-0.2, 0) is 13.0 Å². The number of nitrogens with one attached hydrogen (secondary N) is 1. The Hall–Kier alpha value is -1.32. The van der Waals surface area contributed by atoms with E-state index < -0.39 is 0 Å². The Balaban J connectivity index is 2.33. The SMILES string of the molecule is CCc1c(CN(C)CCN)[nH]c2ccccc12. The van der Waals surface area contributed by atoms with Gasteiger partial charge in [0.2, 0.25) is 0 Å². The van der Waals surface area contributed by atoms with Gasteiger partial charge < -0.3 is 10.7 Å². The zero-order chi connectivity index (χ0) is 12.3. The molecule has 17 heavy (non-hydrogen) atoms. The second-order valence-corrected chi connectivity index (χ2v) is 4.51. The van der Waals surface area contributed by atoms with E-state index in [1.54, 1.807) is 0 Å². The number of H-pyrrole nitrogens is 1. The first-order valence-electron chi connectivity index (χ1n) is 6.23. The van der Waals surface area contributed by atoms with Crippen molar-refractivity contribution in [3.05, 3.63) is 35.5 Å². The summed E-state index contributed by atoms with van der Waals surface area (Å²) in [5.74, 6) is 0. The summed E-state index contributed by atoms with van der Waals surface area (Å²) >= 11 is 0. The smallest absolute Gasteiger partial charge is 0.0459 e. The fourth-order valence-corrected chi connectivity index (χ4v) is 2.36. The monoisotopic (exact) mass is 231 g/mol. The van der Waals surface area contributed by atoms with Crippen molar-refractivity contribution in [2.45, 2.75) is 19.9 Å². The van der Waals surface area contributed by atoms with E-state index in [-0.39, 0.29) is 0 Å². The van der Waals surface area contributed by atoms with Gasteiger partial charge in [0.25, 0.3) is 0 Å². The highest BCUT2D eigenvalue weighted by Gasteiger charge is 2.10. The van der Waals surface area contributed by atoms with Crippen molar-refractivity contribution in [3.63, 3.8) is 0 Å². The molecule has 3 nitrogen and oxygen atoms in total. The summed E-state index contributed by atoms with van der Waals surface area (Å²) in [6.07, 6.45) is 1.07. The van der Waals surface area contributed by atoms with E-state index in [0.29, 0.717) is 6.54 Å². The fraction of sp³-hybridized carbons (Fsp3) is 0.429. The van der Waals surface area contributed by atoms with Crippen LogP contribution in [0.3, 0.4) is 0 Å². The standard InChI is InChI=1S/C14H21N3/c1-3-11-12-6-4-5-7-13(12)16-14(11)10-17(2)9-8-15/h4-7,16H,3,8-10,15H2,1-2H3. The summed E-state index contributed by atoms with van der Waals surface area (Å²) in [6.45, 7) is 4.79. The lowest BCUT2D eigenvalue weighted by atomic mass is 10.1. The molecule has 3 N–H and O–H groups in total. The number of nitrogens with two attached hydrogens (primary N) is 1. The van der Waals surface area contributed by atoms with Gasteiger partial charge in [-0.2, -0.15) is 0 Å². The molecule has 1 aromatic heterocycles. The van der Waals surface area contributed by atoms with Crippen molar-refractivity contribution >= 4 is 10.9 Å². The first-order valence-corrected chi connectivity index (χ1v) is 6.23. The normalized spacial score (nSPS) is 11.5. The van der Waals surface area contributed by atoms with E-state index in [9.17, 15) is 0 Å². The molecular formula is C14H21N3. The summed E-state index contributed by atoms with van der Waals surface area (Å²) in [7, 11) is 2.11. The van der Waals surface area contributed by atoms with Crippen molar-refractivity contribution in [3.8, 4) is 0 Å². The molecule has 0 amide bonds. The van der Waals surface area contributed by atoms with Gasteiger partial charge in [0.1, 0.15) is 0 Å². The number of nitrogens with zero attached hydrogens (tertiary/aromatic N) is 1. The third kappa shape index (κ3) is 2.51. The van der Waals surface area contributed by atoms with Gasteiger partial charge in [-0.3, -0.25) is 4.90 Å². The number of para-hydroxylation sites is 1. The van der Waals surface area contributed by atoms with Crippen molar-refractivity contribution in [1.29, 1.82) is 0 Å². The van der Waals surface area contributed by atoms with E-state index in [1.165, 1.54) is 22.2 Å². The Kier molecular flexibility index (Phi) is 3.82. The average Bonchev–Trinajstić information content (AvgIpc) is 2.66. The maximum Gasteiger partial charge on any atom is 0.0459 e. The lowest BCUT2D eigenvalue weighted by Gasteiger charge is -2.15. The molecule has 1 heterocycles. The predicted octanol–water partition coefficient (Wildman–Crippen LogP) is 2.12. The van der Waals surface area contributed by atoms with Gasteiger partial charge in [-0.25, -0.2) is 0 Å². The average molecular weight is 231 g/mol. The Morgan fingerprint density at radius 2 is 2.06 bits per heavy atom. The first kappa shape index (κ1) is 12.1. The van der Waals surface area contributed by atoms with Gasteiger partial charge in [-0.05, 0) is 25.1 Å². The molecule has 0 aliphatic rings. The molecule has 0 aliphatic heterocycles. The lowest BCUT2D eigenvalue weighted by Crippen LogP contribution is -2.25. The molecular weight excluding hydrogens is 210 g/mol. The highest BCUT2D eigenvalue weighted by molar-refractivity contribution is 5.84. The molecule has 92 valence electrons. The summed E-state index contributed by atoms with van der Waals surface area (Å²) in [5, 5.41) is 1.35. The highest BCUT2D eigenvalue weighted by Crippen LogP contribution is 2.23. The van der Waals surface area contributed by atoms with Crippen LogP contribution in [0.25, 0.3) is 10.9 Å². The van der Waals surface area contributed by atoms with E-state index in [4.69, 9.17) is 5.73 Å². The molecule has 3 heteroatoms. The topological polar surface area (TPSA) is 45.0 Å². The Bertz CT molecular complexity index is 487. The van der Waals surface area contributed by atoms with E-state index in [0.717, 1.165) is 19.5 Å². The predicted molar refractivity (Wildman–Crippen MR) is 73.1 cm³/mol. The third-order valence-corrected chi connectivity index (χ3v) is 3.19. The van der Waals surface area contributed by atoms with Crippen LogP contribution in [0, 0.1) is 0 Å². The van der Waals surface area contributed by atoms with Gasteiger partial charge in [0, 0.05) is 36.2 Å². The lowest BCUT2D eigenvalue weighted by molar-refractivity contribution is 0.332. The van der Waals surface area contributed by atoms with Gasteiger partial charge >= 0.3 is 0 Å². The molecule has 0 unspecified atom stereocenters. The Morgan fingerprint density at radius 1 is 1.29 bits per heavy atom. The third-order valence-electron chi connectivity index (χ3n) is 3.19. The van der Waals surface area contributed by atoms with Gasteiger partial charge in [-0.1, -0.05) is 25.1 Å². The zero-order valence-electron chi connectivity index (χ0n) is 10.7. The molecule has 0 atom stereocenters. The van der Waals surface area contributed by atoms with Gasteiger partial charge in [-0.15, -0.1) is 0 Å². The molecule has 0 fully saturated rings. The molecule has 0 aliphatic carbocycles.